The molecule has 0 saturated heterocycles. The minimum atomic E-state index is 0. The van der Waals surface area contributed by atoms with Crippen molar-refractivity contribution >= 4 is 0 Å². The zero-order chi connectivity index (χ0) is 27.3. The van der Waals surface area contributed by atoms with Crippen LogP contribution in [0.15, 0.2) is 98.6 Å². The number of aromatic nitrogens is 10. The first-order valence-corrected chi connectivity index (χ1v) is 12.0. The zero-order valence-corrected chi connectivity index (χ0v) is 25.6. The van der Waals surface area contributed by atoms with E-state index in [1.807, 2.05) is 109 Å². The Morgan fingerprint density at radius 2 is 0.641 bits per heavy atom. The van der Waals surface area contributed by atoms with E-state index in [4.69, 9.17) is 0 Å². The third-order valence-electron chi connectivity index (χ3n) is 5.38. The summed E-state index contributed by atoms with van der Waals surface area (Å²) in [6.45, 7) is 4.09. The number of hydrogen-bond acceptors (Lipinski definition) is 6. The van der Waals surface area contributed by atoms with Crippen LogP contribution in [0.25, 0.3) is 23.3 Å². The first-order valence-electron chi connectivity index (χ1n) is 12.0. The van der Waals surface area contributed by atoms with Crippen molar-refractivity contribution in [1.29, 1.82) is 0 Å². The van der Waals surface area contributed by atoms with Crippen LogP contribution in [-0.4, -0.2) is 48.2 Å². The molecule has 0 radical (unpaired) electrons. The molecule has 0 aliphatic carbocycles. The number of rotatable bonds is 2. The Bertz CT molecular complexity index is 1290. The van der Waals surface area contributed by atoms with Crippen molar-refractivity contribution in [2.75, 3.05) is 0 Å². The molecule has 0 aliphatic heterocycles. The van der Waals surface area contributed by atoms with Gasteiger partial charge in [0.15, 0.2) is 23.3 Å². The third kappa shape index (κ3) is 9.54. The Kier molecular flexibility index (Phi) is 12.6. The van der Waals surface area contributed by atoms with Gasteiger partial charge < -0.3 is 18.3 Å². The standard InChI is InChI=1S/2C8H10N4.2C6H7N.Os/c2*1-11-5-3-9-7(11)8-10-4-6-12(8)2;2*1-6-2-4-7-5-3-6;/h2*3-6H,1-2H3;2*2-5H,1H3;. The van der Waals surface area contributed by atoms with Gasteiger partial charge in [0, 0.05) is 122 Å². The molecule has 6 aromatic heterocycles. The summed E-state index contributed by atoms with van der Waals surface area (Å²) in [4.78, 5) is 24.5. The molecule has 0 N–H and O–H groups in total. The van der Waals surface area contributed by atoms with E-state index in [0.717, 1.165) is 23.3 Å². The van der Waals surface area contributed by atoms with Gasteiger partial charge >= 0.3 is 0 Å². The maximum absolute atomic E-state index is 4.20. The van der Waals surface area contributed by atoms with Gasteiger partial charge in [0.1, 0.15) is 0 Å². The Labute approximate surface area is 242 Å². The van der Waals surface area contributed by atoms with Crippen molar-refractivity contribution in [2.24, 2.45) is 28.2 Å². The number of hydrogen-bond donors (Lipinski definition) is 0. The molecule has 0 unspecified atom stereocenters. The second-order valence-electron chi connectivity index (χ2n) is 8.50. The van der Waals surface area contributed by atoms with Crippen molar-refractivity contribution in [2.45, 2.75) is 13.8 Å². The molecule has 39 heavy (non-hydrogen) atoms. The van der Waals surface area contributed by atoms with E-state index in [9.17, 15) is 0 Å². The van der Waals surface area contributed by atoms with Gasteiger partial charge in [-0.3, -0.25) is 9.97 Å². The summed E-state index contributed by atoms with van der Waals surface area (Å²) in [6, 6.07) is 7.89. The van der Waals surface area contributed by atoms with Crippen molar-refractivity contribution in [3.63, 3.8) is 0 Å². The molecule has 0 fully saturated rings. The number of imidazole rings is 4. The Morgan fingerprint density at radius 1 is 0.410 bits per heavy atom. The van der Waals surface area contributed by atoms with E-state index in [1.165, 1.54) is 11.1 Å². The normalized spacial score (nSPS) is 9.59. The molecule has 11 heteroatoms. The predicted octanol–water partition coefficient (Wildman–Crippen LogP) is 4.42. The third-order valence-corrected chi connectivity index (χ3v) is 5.38. The molecule has 204 valence electrons. The van der Waals surface area contributed by atoms with Gasteiger partial charge in [0.05, 0.1) is 0 Å². The van der Waals surface area contributed by atoms with Gasteiger partial charge in [0.2, 0.25) is 0 Å². The van der Waals surface area contributed by atoms with Crippen LogP contribution >= 0.6 is 0 Å². The maximum atomic E-state index is 4.20. The summed E-state index contributed by atoms with van der Waals surface area (Å²) >= 11 is 0. The summed E-state index contributed by atoms with van der Waals surface area (Å²) in [5, 5.41) is 0. The monoisotopic (exact) mass is 702 g/mol. The molecule has 0 spiro atoms. The summed E-state index contributed by atoms with van der Waals surface area (Å²) in [7, 11) is 7.82. The summed E-state index contributed by atoms with van der Waals surface area (Å²) in [5.41, 5.74) is 2.52. The van der Waals surface area contributed by atoms with Gasteiger partial charge in [0.25, 0.3) is 0 Å². The fourth-order valence-electron chi connectivity index (χ4n) is 3.18. The number of pyridine rings is 2. The minimum absolute atomic E-state index is 0. The van der Waals surface area contributed by atoms with Gasteiger partial charge in [-0.1, -0.05) is 0 Å². The molecule has 0 aliphatic rings. The van der Waals surface area contributed by atoms with Crippen molar-refractivity contribution in [3.8, 4) is 23.3 Å². The van der Waals surface area contributed by atoms with Crippen LogP contribution in [0, 0.1) is 13.8 Å². The summed E-state index contributed by atoms with van der Waals surface area (Å²) in [5.74, 6) is 3.56. The zero-order valence-electron chi connectivity index (χ0n) is 23.1. The molecule has 0 bridgehead atoms. The Hall–Kier alpha value is -4.22. The van der Waals surface area contributed by atoms with Gasteiger partial charge in [-0.25, -0.2) is 19.9 Å². The van der Waals surface area contributed by atoms with E-state index < -0.39 is 0 Å². The number of aryl methyl sites for hydroxylation is 6. The summed E-state index contributed by atoms with van der Waals surface area (Å²) in [6.07, 6.45) is 21.8. The van der Waals surface area contributed by atoms with Crippen molar-refractivity contribution < 1.29 is 19.8 Å². The van der Waals surface area contributed by atoms with Crippen molar-refractivity contribution in [1.82, 2.24) is 48.2 Å². The first-order chi connectivity index (χ1) is 18.4. The fraction of sp³-hybridized carbons (Fsp3) is 0.214. The average molecular weight is 701 g/mol. The van der Waals surface area contributed by atoms with Gasteiger partial charge in [-0.05, 0) is 49.2 Å². The molecule has 0 aromatic carbocycles. The van der Waals surface area contributed by atoms with Gasteiger partial charge in [-0.2, -0.15) is 0 Å². The van der Waals surface area contributed by atoms with Crippen molar-refractivity contribution in [3.05, 3.63) is 110 Å². The largest absolute Gasteiger partial charge is 0.331 e. The van der Waals surface area contributed by atoms with Crippen LogP contribution in [-0.2, 0) is 48.0 Å². The molecule has 10 nitrogen and oxygen atoms in total. The van der Waals surface area contributed by atoms with E-state index in [-0.39, 0.29) is 19.8 Å². The maximum Gasteiger partial charge on any atom is 0.176 e. The fourth-order valence-corrected chi connectivity index (χ4v) is 3.18. The SMILES string of the molecule is Cc1ccncc1.Cc1ccncc1.Cn1ccnc1-c1nccn1C.Cn1ccnc1-c1nccn1C.[Os]. The van der Waals surface area contributed by atoms with Crippen LogP contribution in [0.3, 0.4) is 0 Å². The van der Waals surface area contributed by atoms with E-state index in [2.05, 4.69) is 29.9 Å². The van der Waals surface area contributed by atoms with Crippen LogP contribution in [0.1, 0.15) is 11.1 Å². The van der Waals surface area contributed by atoms with E-state index in [1.54, 1.807) is 49.6 Å². The molecule has 0 amide bonds. The Balaban J connectivity index is 0.000000187. The van der Waals surface area contributed by atoms with Crippen LogP contribution in [0.2, 0.25) is 0 Å². The molecular weight excluding hydrogens is 667 g/mol. The number of nitrogens with zero attached hydrogens (tertiary/aromatic N) is 10. The molecule has 0 atom stereocenters. The minimum Gasteiger partial charge on any atom is -0.331 e. The van der Waals surface area contributed by atoms with Crippen LogP contribution < -0.4 is 0 Å². The summed E-state index contributed by atoms with van der Waals surface area (Å²) < 4.78 is 7.79. The van der Waals surface area contributed by atoms with Gasteiger partial charge in [-0.15, -0.1) is 0 Å². The molecular formula is C28H34N10Os. The van der Waals surface area contributed by atoms with Crippen LogP contribution in [0.5, 0.6) is 0 Å². The second-order valence-corrected chi connectivity index (χ2v) is 8.50. The molecule has 6 rings (SSSR count). The van der Waals surface area contributed by atoms with Crippen LogP contribution in [0.4, 0.5) is 0 Å². The smallest absolute Gasteiger partial charge is 0.176 e. The molecule has 6 aromatic rings. The van der Waals surface area contributed by atoms with E-state index >= 15 is 0 Å². The average Bonchev–Trinajstić information content (AvgIpc) is 3.71. The second kappa shape index (κ2) is 15.9. The Morgan fingerprint density at radius 3 is 0.769 bits per heavy atom. The molecule has 6 heterocycles. The van der Waals surface area contributed by atoms with E-state index in [0.29, 0.717) is 0 Å². The topological polar surface area (TPSA) is 97.1 Å². The molecule has 0 saturated carbocycles. The predicted molar refractivity (Wildman–Crippen MR) is 149 cm³/mol. The first kappa shape index (κ1) is 31.0. The quantitative estimate of drug-likeness (QED) is 0.266.